The number of benzene rings is 1. The molecule has 1 amide bonds. The van der Waals surface area contributed by atoms with Crippen LogP contribution in [0.3, 0.4) is 0 Å². The Morgan fingerprint density at radius 2 is 2.23 bits per heavy atom. The molecule has 1 aromatic heterocycles. The summed E-state index contributed by atoms with van der Waals surface area (Å²) in [6.45, 7) is 7.99. The summed E-state index contributed by atoms with van der Waals surface area (Å²) in [5, 5.41) is 3.53. The van der Waals surface area contributed by atoms with Gasteiger partial charge in [-0.3, -0.25) is 14.2 Å². The quantitative estimate of drug-likeness (QED) is 0.788. The maximum absolute atomic E-state index is 12.5. The standard InChI is InChI=1S/C19H25N3O3S/c1-4-22-18(24)14-6-5-12(9-15(14)21-19(22)26)17(23)20-10-13-7-8-25-16(13)11(2)3/h5-6,9,11,13,16H,4,7-8,10H2,1-3H3,(H,20,23)(H,21,26)/t13-,16-/m0/s1. The molecule has 2 aromatic rings. The molecular formula is C19H25N3O3S. The maximum atomic E-state index is 12.5. The van der Waals surface area contributed by atoms with Crippen molar-refractivity contribution in [3.05, 3.63) is 38.9 Å². The van der Waals surface area contributed by atoms with Crippen LogP contribution >= 0.6 is 12.2 Å². The Kier molecular flexibility index (Phi) is 5.58. The first-order chi connectivity index (χ1) is 12.4. The Morgan fingerprint density at radius 1 is 1.46 bits per heavy atom. The van der Waals surface area contributed by atoms with Crippen molar-refractivity contribution in [2.45, 2.75) is 39.8 Å². The van der Waals surface area contributed by atoms with Crippen LogP contribution in [-0.4, -0.2) is 34.7 Å². The molecular weight excluding hydrogens is 350 g/mol. The van der Waals surface area contributed by atoms with E-state index in [9.17, 15) is 9.59 Å². The summed E-state index contributed by atoms with van der Waals surface area (Å²) in [7, 11) is 0. The van der Waals surface area contributed by atoms with Gasteiger partial charge in [-0.25, -0.2) is 0 Å². The Hall–Kier alpha value is -1.99. The van der Waals surface area contributed by atoms with E-state index in [-0.39, 0.29) is 17.6 Å². The Labute approximate surface area is 157 Å². The minimum Gasteiger partial charge on any atom is -0.378 e. The van der Waals surface area contributed by atoms with Gasteiger partial charge in [-0.1, -0.05) is 13.8 Å². The molecule has 1 fully saturated rings. The molecule has 140 valence electrons. The molecule has 1 aliphatic rings. The topological polar surface area (TPSA) is 76.1 Å². The summed E-state index contributed by atoms with van der Waals surface area (Å²) >= 11 is 5.23. The molecule has 0 bridgehead atoms. The van der Waals surface area contributed by atoms with Gasteiger partial charge in [0.1, 0.15) is 0 Å². The number of aromatic amines is 1. The van der Waals surface area contributed by atoms with Crippen molar-refractivity contribution in [2.75, 3.05) is 13.2 Å². The van der Waals surface area contributed by atoms with Crippen LogP contribution < -0.4 is 10.9 Å². The first-order valence-corrected chi connectivity index (χ1v) is 9.49. The number of ether oxygens (including phenoxy) is 1. The summed E-state index contributed by atoms with van der Waals surface area (Å²) in [5.74, 6) is 0.614. The van der Waals surface area contributed by atoms with Crippen LogP contribution in [0.1, 0.15) is 37.6 Å². The third kappa shape index (κ3) is 3.59. The number of carbonyl (C=O) groups is 1. The van der Waals surface area contributed by atoms with Crippen LogP contribution in [0.4, 0.5) is 0 Å². The van der Waals surface area contributed by atoms with Crippen molar-refractivity contribution >= 4 is 29.0 Å². The summed E-state index contributed by atoms with van der Waals surface area (Å²) in [6, 6.07) is 5.05. The molecule has 1 saturated heterocycles. The molecule has 0 radical (unpaired) electrons. The van der Waals surface area contributed by atoms with Crippen LogP contribution in [0.5, 0.6) is 0 Å². The van der Waals surface area contributed by atoms with Gasteiger partial charge in [0.25, 0.3) is 11.5 Å². The van der Waals surface area contributed by atoms with Crippen molar-refractivity contribution < 1.29 is 9.53 Å². The Morgan fingerprint density at radius 3 is 2.92 bits per heavy atom. The number of hydrogen-bond acceptors (Lipinski definition) is 4. The number of carbonyl (C=O) groups excluding carboxylic acids is 1. The third-order valence-corrected chi connectivity index (χ3v) is 5.33. The van der Waals surface area contributed by atoms with Gasteiger partial charge in [-0.15, -0.1) is 0 Å². The van der Waals surface area contributed by atoms with Gasteiger partial charge in [0.15, 0.2) is 4.77 Å². The normalized spacial score (nSPS) is 20.0. The number of rotatable bonds is 5. The average molecular weight is 375 g/mol. The Balaban J connectivity index is 1.79. The van der Waals surface area contributed by atoms with Crippen LogP contribution in [0, 0.1) is 16.6 Å². The van der Waals surface area contributed by atoms with Crippen molar-refractivity contribution in [3.63, 3.8) is 0 Å². The van der Waals surface area contributed by atoms with Crippen LogP contribution in [0.2, 0.25) is 0 Å². The molecule has 26 heavy (non-hydrogen) atoms. The van der Waals surface area contributed by atoms with Gasteiger partial charge in [-0.05, 0) is 49.7 Å². The van der Waals surface area contributed by atoms with E-state index in [0.29, 0.717) is 46.2 Å². The number of aromatic nitrogens is 2. The average Bonchev–Trinajstić information content (AvgIpc) is 3.08. The number of hydrogen-bond donors (Lipinski definition) is 2. The second kappa shape index (κ2) is 7.72. The second-order valence-corrected chi connectivity index (χ2v) is 7.46. The minimum atomic E-state index is -0.153. The van der Waals surface area contributed by atoms with Crippen molar-refractivity contribution in [1.29, 1.82) is 0 Å². The molecule has 0 unspecified atom stereocenters. The number of H-pyrrole nitrogens is 1. The summed E-state index contributed by atoms with van der Waals surface area (Å²) in [6.07, 6.45) is 1.15. The van der Waals surface area contributed by atoms with Gasteiger partial charge in [0.05, 0.1) is 17.0 Å². The Bertz CT molecular complexity index is 932. The fraction of sp³-hybridized carbons (Fsp3) is 0.526. The fourth-order valence-corrected chi connectivity index (χ4v) is 3.94. The monoisotopic (exact) mass is 375 g/mol. The number of fused-ring (bicyclic) bond motifs is 1. The SMILES string of the molecule is CCn1c(=S)[nH]c2cc(C(=O)NC[C@@H]3CCO[C@H]3C(C)C)ccc2c1=O. The van der Waals surface area contributed by atoms with Crippen LogP contribution in [0.15, 0.2) is 23.0 Å². The molecule has 3 rings (SSSR count). The van der Waals surface area contributed by atoms with Gasteiger partial charge in [0, 0.05) is 31.2 Å². The van der Waals surface area contributed by atoms with E-state index < -0.39 is 0 Å². The highest BCUT2D eigenvalue weighted by Crippen LogP contribution is 2.26. The van der Waals surface area contributed by atoms with E-state index in [2.05, 4.69) is 24.1 Å². The molecule has 7 heteroatoms. The minimum absolute atomic E-state index is 0.138. The van der Waals surface area contributed by atoms with Crippen LogP contribution in [0.25, 0.3) is 10.9 Å². The zero-order chi connectivity index (χ0) is 18.8. The highest BCUT2D eigenvalue weighted by atomic mass is 32.1. The largest absolute Gasteiger partial charge is 0.378 e. The summed E-state index contributed by atoms with van der Waals surface area (Å²) < 4.78 is 7.64. The van der Waals surface area contributed by atoms with Gasteiger partial charge in [-0.2, -0.15) is 0 Å². The molecule has 2 atom stereocenters. The van der Waals surface area contributed by atoms with Crippen LogP contribution in [-0.2, 0) is 11.3 Å². The molecule has 6 nitrogen and oxygen atoms in total. The summed E-state index contributed by atoms with van der Waals surface area (Å²) in [5.41, 5.74) is 0.958. The predicted octanol–water partition coefficient (Wildman–Crippen LogP) is 2.87. The van der Waals surface area contributed by atoms with Crippen molar-refractivity contribution in [2.24, 2.45) is 11.8 Å². The first-order valence-electron chi connectivity index (χ1n) is 9.09. The van der Waals surface area contributed by atoms with E-state index in [1.807, 2.05) is 6.92 Å². The van der Waals surface area contributed by atoms with E-state index in [0.717, 1.165) is 13.0 Å². The summed E-state index contributed by atoms with van der Waals surface area (Å²) in [4.78, 5) is 28.0. The molecule has 0 saturated carbocycles. The second-order valence-electron chi connectivity index (χ2n) is 7.08. The van der Waals surface area contributed by atoms with Gasteiger partial charge < -0.3 is 15.0 Å². The molecule has 2 N–H and O–H groups in total. The number of amides is 1. The van der Waals surface area contributed by atoms with Gasteiger partial charge >= 0.3 is 0 Å². The lowest BCUT2D eigenvalue weighted by molar-refractivity contribution is 0.0533. The highest BCUT2D eigenvalue weighted by molar-refractivity contribution is 7.71. The van der Waals surface area contributed by atoms with Crippen molar-refractivity contribution in [3.8, 4) is 0 Å². The lowest BCUT2D eigenvalue weighted by atomic mass is 9.93. The molecule has 1 aliphatic heterocycles. The van der Waals surface area contributed by atoms with E-state index in [1.54, 1.807) is 18.2 Å². The fourth-order valence-electron chi connectivity index (χ4n) is 3.62. The molecule has 0 aliphatic carbocycles. The highest BCUT2D eigenvalue weighted by Gasteiger charge is 2.30. The number of nitrogens with zero attached hydrogens (tertiary/aromatic N) is 1. The van der Waals surface area contributed by atoms with E-state index in [1.165, 1.54) is 4.57 Å². The van der Waals surface area contributed by atoms with E-state index >= 15 is 0 Å². The zero-order valence-electron chi connectivity index (χ0n) is 15.4. The molecule has 0 spiro atoms. The molecule has 1 aromatic carbocycles. The maximum Gasteiger partial charge on any atom is 0.262 e. The van der Waals surface area contributed by atoms with Crippen molar-refractivity contribution in [1.82, 2.24) is 14.9 Å². The third-order valence-electron chi connectivity index (χ3n) is 5.01. The molecule has 2 heterocycles. The zero-order valence-corrected chi connectivity index (χ0v) is 16.2. The predicted molar refractivity (Wildman–Crippen MR) is 104 cm³/mol. The lowest BCUT2D eigenvalue weighted by Crippen LogP contribution is -2.35. The first kappa shape index (κ1) is 18.8. The smallest absolute Gasteiger partial charge is 0.262 e. The van der Waals surface area contributed by atoms with Gasteiger partial charge in [0.2, 0.25) is 0 Å². The van der Waals surface area contributed by atoms with E-state index in [4.69, 9.17) is 17.0 Å². The number of nitrogens with one attached hydrogen (secondary N) is 2. The lowest BCUT2D eigenvalue weighted by Gasteiger charge is -2.22.